The molecule has 1 aliphatic rings. The van der Waals surface area contributed by atoms with Crippen molar-refractivity contribution in [3.8, 4) is 0 Å². The van der Waals surface area contributed by atoms with Gasteiger partial charge in [-0.2, -0.15) is 0 Å². The Labute approximate surface area is 117 Å². The first-order valence-electron chi connectivity index (χ1n) is 6.39. The molecule has 0 unspecified atom stereocenters. The van der Waals surface area contributed by atoms with E-state index in [0.717, 1.165) is 43.5 Å². The van der Waals surface area contributed by atoms with Gasteiger partial charge >= 0.3 is 0 Å². The maximum Gasteiger partial charge on any atom is 0.226 e. The lowest BCUT2D eigenvalue weighted by atomic mass is 10.3. The number of nitrogens with zero attached hydrogens (tertiary/aromatic N) is 2. The molecule has 0 bridgehead atoms. The molecule has 1 amide bonds. The smallest absolute Gasteiger partial charge is 0.226 e. The van der Waals surface area contributed by atoms with E-state index in [1.54, 1.807) is 17.4 Å². The van der Waals surface area contributed by atoms with Crippen LogP contribution in [0.2, 0.25) is 0 Å². The van der Waals surface area contributed by atoms with Crippen LogP contribution >= 0.6 is 11.3 Å². The molecule has 0 radical (unpaired) electrons. The van der Waals surface area contributed by atoms with Gasteiger partial charge in [0.25, 0.3) is 0 Å². The number of thiazole rings is 1. The van der Waals surface area contributed by atoms with E-state index in [2.05, 4.69) is 21.8 Å². The maximum absolute atomic E-state index is 11.5. The van der Waals surface area contributed by atoms with Crippen LogP contribution in [0.4, 0.5) is 0 Å². The summed E-state index contributed by atoms with van der Waals surface area (Å²) in [7, 11) is 0. The summed E-state index contributed by atoms with van der Waals surface area (Å²) in [4.78, 5) is 18.4. The Hall–Kier alpha value is -1.24. The Morgan fingerprint density at radius 2 is 2.37 bits per heavy atom. The zero-order valence-electron chi connectivity index (χ0n) is 10.9. The Kier molecular flexibility index (Phi) is 5.50. The quantitative estimate of drug-likeness (QED) is 0.784. The summed E-state index contributed by atoms with van der Waals surface area (Å²) in [6.45, 7) is 8.41. The number of aromatic nitrogens is 1. The van der Waals surface area contributed by atoms with Crippen LogP contribution in [0.5, 0.6) is 0 Å². The van der Waals surface area contributed by atoms with Crippen molar-refractivity contribution in [1.29, 1.82) is 0 Å². The SMILES string of the molecule is C=CCNC(=O)Cc1csc(CN2CCOCC2)n1. The molecule has 2 rings (SSSR count). The molecule has 6 heteroatoms. The van der Waals surface area contributed by atoms with Gasteiger partial charge in [0.1, 0.15) is 5.01 Å². The molecular weight excluding hydrogens is 262 g/mol. The lowest BCUT2D eigenvalue weighted by Crippen LogP contribution is -2.35. The van der Waals surface area contributed by atoms with E-state index >= 15 is 0 Å². The number of rotatable bonds is 6. The molecule has 0 spiro atoms. The van der Waals surface area contributed by atoms with E-state index in [9.17, 15) is 4.79 Å². The summed E-state index contributed by atoms with van der Waals surface area (Å²) in [6, 6.07) is 0. The van der Waals surface area contributed by atoms with E-state index in [4.69, 9.17) is 4.74 Å². The normalized spacial score (nSPS) is 16.2. The molecule has 1 saturated heterocycles. The van der Waals surface area contributed by atoms with Gasteiger partial charge in [-0.25, -0.2) is 4.98 Å². The second kappa shape index (κ2) is 7.37. The summed E-state index contributed by atoms with van der Waals surface area (Å²) < 4.78 is 5.31. The highest BCUT2D eigenvalue weighted by Crippen LogP contribution is 2.13. The lowest BCUT2D eigenvalue weighted by Gasteiger charge is -2.25. The Morgan fingerprint density at radius 3 is 3.11 bits per heavy atom. The largest absolute Gasteiger partial charge is 0.379 e. The molecule has 19 heavy (non-hydrogen) atoms. The van der Waals surface area contributed by atoms with Crippen LogP contribution in [0.25, 0.3) is 0 Å². The first-order valence-corrected chi connectivity index (χ1v) is 7.27. The van der Waals surface area contributed by atoms with Gasteiger partial charge in [-0.3, -0.25) is 9.69 Å². The minimum absolute atomic E-state index is 0.0110. The highest BCUT2D eigenvalue weighted by molar-refractivity contribution is 7.09. The first kappa shape index (κ1) is 14.2. The maximum atomic E-state index is 11.5. The molecule has 104 valence electrons. The van der Waals surface area contributed by atoms with Crippen LogP contribution in [0.1, 0.15) is 10.7 Å². The summed E-state index contributed by atoms with van der Waals surface area (Å²) >= 11 is 1.62. The highest BCUT2D eigenvalue weighted by Gasteiger charge is 2.13. The fourth-order valence-corrected chi connectivity index (χ4v) is 2.70. The van der Waals surface area contributed by atoms with Gasteiger partial charge in [-0.15, -0.1) is 17.9 Å². The minimum atomic E-state index is -0.0110. The summed E-state index contributed by atoms with van der Waals surface area (Å²) in [6.07, 6.45) is 2.01. The molecule has 0 atom stereocenters. The predicted molar refractivity (Wildman–Crippen MR) is 75.1 cm³/mol. The third-order valence-corrected chi connectivity index (χ3v) is 3.73. The number of hydrogen-bond donors (Lipinski definition) is 1. The first-order chi connectivity index (χ1) is 9.28. The van der Waals surface area contributed by atoms with Crippen molar-refractivity contribution >= 4 is 17.2 Å². The second-order valence-corrected chi connectivity index (χ2v) is 5.33. The van der Waals surface area contributed by atoms with Crippen molar-refractivity contribution in [2.45, 2.75) is 13.0 Å². The van der Waals surface area contributed by atoms with Crippen molar-refractivity contribution in [1.82, 2.24) is 15.2 Å². The van der Waals surface area contributed by atoms with E-state index in [-0.39, 0.29) is 5.91 Å². The topological polar surface area (TPSA) is 54.5 Å². The fourth-order valence-electron chi connectivity index (χ4n) is 1.87. The van der Waals surface area contributed by atoms with E-state index in [1.165, 1.54) is 0 Å². The number of hydrogen-bond acceptors (Lipinski definition) is 5. The molecule has 1 aromatic heterocycles. The molecule has 5 nitrogen and oxygen atoms in total. The van der Waals surface area contributed by atoms with Gasteiger partial charge in [-0.1, -0.05) is 6.08 Å². The van der Waals surface area contributed by atoms with Crippen molar-refractivity contribution in [2.24, 2.45) is 0 Å². The Balaban J connectivity index is 1.80. The van der Waals surface area contributed by atoms with Crippen LogP contribution in [0, 0.1) is 0 Å². The van der Waals surface area contributed by atoms with Gasteiger partial charge < -0.3 is 10.1 Å². The average molecular weight is 281 g/mol. The van der Waals surface area contributed by atoms with Crippen LogP contribution in [-0.4, -0.2) is 48.6 Å². The molecule has 1 aromatic rings. The zero-order chi connectivity index (χ0) is 13.5. The van der Waals surface area contributed by atoms with Crippen molar-refractivity contribution in [2.75, 3.05) is 32.8 Å². The zero-order valence-corrected chi connectivity index (χ0v) is 11.7. The van der Waals surface area contributed by atoms with Crippen molar-refractivity contribution < 1.29 is 9.53 Å². The number of nitrogens with one attached hydrogen (secondary N) is 1. The monoisotopic (exact) mass is 281 g/mol. The standard InChI is InChI=1S/C13H19N3O2S/c1-2-3-14-12(17)8-11-10-19-13(15-11)9-16-4-6-18-7-5-16/h2,10H,1,3-9H2,(H,14,17). The summed E-state index contributed by atoms with van der Waals surface area (Å²) in [5.74, 6) is -0.0110. The molecule has 0 aromatic carbocycles. The van der Waals surface area contributed by atoms with E-state index in [1.807, 2.05) is 5.38 Å². The lowest BCUT2D eigenvalue weighted by molar-refractivity contribution is -0.120. The molecular formula is C13H19N3O2S. The molecule has 2 heterocycles. The number of morpholine rings is 1. The van der Waals surface area contributed by atoms with Crippen molar-refractivity contribution in [3.63, 3.8) is 0 Å². The molecule has 1 aliphatic heterocycles. The predicted octanol–water partition coefficient (Wildman–Crippen LogP) is 0.820. The average Bonchev–Trinajstić information content (AvgIpc) is 2.85. The van der Waals surface area contributed by atoms with Crippen LogP contribution < -0.4 is 5.32 Å². The fraction of sp³-hybridized carbons (Fsp3) is 0.538. The van der Waals surface area contributed by atoms with E-state index < -0.39 is 0 Å². The third kappa shape index (κ3) is 4.74. The molecule has 0 saturated carbocycles. The van der Waals surface area contributed by atoms with Gasteiger partial charge in [0.05, 0.1) is 31.9 Å². The third-order valence-electron chi connectivity index (χ3n) is 2.85. The molecule has 1 N–H and O–H groups in total. The molecule has 0 aliphatic carbocycles. The Morgan fingerprint density at radius 1 is 1.58 bits per heavy atom. The Bertz CT molecular complexity index is 427. The second-order valence-electron chi connectivity index (χ2n) is 4.39. The van der Waals surface area contributed by atoms with Gasteiger partial charge in [0.15, 0.2) is 0 Å². The summed E-state index contributed by atoms with van der Waals surface area (Å²) in [5.41, 5.74) is 0.842. The van der Waals surface area contributed by atoms with Crippen LogP contribution in [-0.2, 0) is 22.5 Å². The van der Waals surface area contributed by atoms with Gasteiger partial charge in [-0.05, 0) is 0 Å². The molecule has 1 fully saturated rings. The highest BCUT2D eigenvalue weighted by atomic mass is 32.1. The summed E-state index contributed by atoms with van der Waals surface area (Å²) in [5, 5.41) is 5.78. The van der Waals surface area contributed by atoms with Gasteiger partial charge in [0.2, 0.25) is 5.91 Å². The van der Waals surface area contributed by atoms with Gasteiger partial charge in [0, 0.05) is 25.0 Å². The van der Waals surface area contributed by atoms with E-state index in [0.29, 0.717) is 13.0 Å². The number of amides is 1. The van der Waals surface area contributed by atoms with Crippen molar-refractivity contribution in [3.05, 3.63) is 28.7 Å². The number of carbonyl (C=O) groups is 1. The number of carbonyl (C=O) groups excluding carboxylic acids is 1. The van der Waals surface area contributed by atoms with Crippen LogP contribution in [0.15, 0.2) is 18.0 Å². The minimum Gasteiger partial charge on any atom is -0.379 e. The van der Waals surface area contributed by atoms with Crippen LogP contribution in [0.3, 0.4) is 0 Å². The number of ether oxygens (including phenoxy) is 1.